The molecule has 1 N–H and O–H groups in total. The van der Waals surface area contributed by atoms with E-state index in [1.807, 2.05) is 79.8 Å². The Morgan fingerprint density at radius 3 is 2.55 bits per heavy atom. The quantitative estimate of drug-likeness (QED) is 0.500. The molecule has 3 aromatic carbocycles. The molecule has 33 heavy (non-hydrogen) atoms. The fourth-order valence-corrected chi connectivity index (χ4v) is 4.13. The molecule has 0 bridgehead atoms. The summed E-state index contributed by atoms with van der Waals surface area (Å²) in [7, 11) is 1.99. The number of nitrogens with zero attached hydrogens (tertiary/aromatic N) is 3. The maximum absolute atomic E-state index is 12.6. The number of aromatic nitrogens is 2. The van der Waals surface area contributed by atoms with E-state index in [1.165, 1.54) is 0 Å². The minimum absolute atomic E-state index is 0.145. The molecule has 166 valence electrons. The first kappa shape index (κ1) is 20.8. The lowest BCUT2D eigenvalue weighted by molar-refractivity contribution is -0.125. The molecular weight excluding hydrogens is 416 g/mol. The van der Waals surface area contributed by atoms with Crippen molar-refractivity contribution in [3.8, 4) is 17.1 Å². The number of anilines is 2. The van der Waals surface area contributed by atoms with Crippen molar-refractivity contribution < 1.29 is 14.3 Å². The lowest BCUT2D eigenvalue weighted by Crippen LogP contribution is -2.45. The molecular formula is C26H24N4O3. The van der Waals surface area contributed by atoms with Crippen LogP contribution in [-0.4, -0.2) is 34.0 Å². The molecule has 0 saturated heterocycles. The maximum Gasteiger partial charge on any atom is 0.267 e. The molecule has 1 aliphatic heterocycles. The zero-order chi connectivity index (χ0) is 22.9. The van der Waals surface area contributed by atoms with Gasteiger partial charge in [-0.1, -0.05) is 24.3 Å². The van der Waals surface area contributed by atoms with E-state index in [2.05, 4.69) is 9.88 Å². The van der Waals surface area contributed by atoms with Crippen LogP contribution < -0.4 is 15.0 Å². The van der Waals surface area contributed by atoms with Crippen LogP contribution in [0.5, 0.6) is 5.75 Å². The fraction of sp³-hybridized carbons (Fsp3) is 0.192. The molecule has 5 rings (SSSR count). The van der Waals surface area contributed by atoms with Crippen molar-refractivity contribution in [2.75, 3.05) is 16.8 Å². The third-order valence-electron chi connectivity index (χ3n) is 5.85. The number of nitrogens with one attached hydrogen (secondary N) is 1. The lowest BCUT2D eigenvalue weighted by atomic mass is 10.1. The number of benzene rings is 3. The number of carbonyl (C=O) groups excluding carboxylic acids is 2. The first-order valence-corrected chi connectivity index (χ1v) is 10.9. The number of rotatable bonds is 5. The fourth-order valence-electron chi connectivity index (χ4n) is 4.13. The molecule has 2 amide bonds. The molecule has 0 spiro atoms. The van der Waals surface area contributed by atoms with Gasteiger partial charge in [-0.05, 0) is 55.5 Å². The molecule has 2 heterocycles. The molecule has 0 aliphatic carbocycles. The van der Waals surface area contributed by atoms with E-state index in [-0.39, 0.29) is 24.8 Å². The van der Waals surface area contributed by atoms with Crippen molar-refractivity contribution in [1.29, 1.82) is 0 Å². The standard InChI is InChI=1S/C26H24N4O3/c1-17-26(32)30(22-9-5-6-10-23(22)33-17)16-15-24(31)27-19-13-11-18(12-14-19)25-28-20-7-3-4-8-21(20)29(25)2/h3-14,17H,15-16H2,1-2H3,(H,27,31). The third kappa shape index (κ3) is 3.93. The minimum atomic E-state index is -0.571. The van der Waals surface area contributed by atoms with Gasteiger partial charge in [0.15, 0.2) is 6.10 Å². The molecule has 1 unspecified atom stereocenters. The number of hydrogen-bond acceptors (Lipinski definition) is 4. The van der Waals surface area contributed by atoms with Crippen molar-refractivity contribution in [3.05, 3.63) is 72.8 Å². The average Bonchev–Trinajstić information content (AvgIpc) is 3.16. The van der Waals surface area contributed by atoms with E-state index in [0.29, 0.717) is 17.1 Å². The summed E-state index contributed by atoms with van der Waals surface area (Å²) in [6.07, 6.45) is -0.391. The monoisotopic (exact) mass is 440 g/mol. The minimum Gasteiger partial charge on any atom is -0.479 e. The van der Waals surface area contributed by atoms with Crippen LogP contribution in [0.15, 0.2) is 72.8 Å². The van der Waals surface area contributed by atoms with Crippen LogP contribution in [0, 0.1) is 0 Å². The van der Waals surface area contributed by atoms with Crippen molar-refractivity contribution in [3.63, 3.8) is 0 Å². The van der Waals surface area contributed by atoms with Gasteiger partial charge in [-0.25, -0.2) is 4.98 Å². The second-order valence-electron chi connectivity index (χ2n) is 8.08. The van der Waals surface area contributed by atoms with Crippen LogP contribution in [0.3, 0.4) is 0 Å². The molecule has 1 atom stereocenters. The van der Waals surface area contributed by atoms with Gasteiger partial charge in [-0.15, -0.1) is 0 Å². The van der Waals surface area contributed by atoms with Gasteiger partial charge >= 0.3 is 0 Å². The lowest BCUT2D eigenvalue weighted by Gasteiger charge is -2.32. The van der Waals surface area contributed by atoms with Crippen LogP contribution in [-0.2, 0) is 16.6 Å². The number of amides is 2. The van der Waals surface area contributed by atoms with Crippen molar-refractivity contribution in [2.45, 2.75) is 19.4 Å². The number of imidazole rings is 1. The highest BCUT2D eigenvalue weighted by atomic mass is 16.5. The van der Waals surface area contributed by atoms with Crippen LogP contribution in [0.25, 0.3) is 22.4 Å². The topological polar surface area (TPSA) is 76.5 Å². The molecule has 0 fully saturated rings. The normalized spacial score (nSPS) is 15.3. The Labute approximate surface area is 191 Å². The smallest absolute Gasteiger partial charge is 0.267 e. The van der Waals surface area contributed by atoms with E-state index in [1.54, 1.807) is 11.8 Å². The second kappa shape index (κ2) is 8.43. The predicted molar refractivity (Wildman–Crippen MR) is 128 cm³/mol. The van der Waals surface area contributed by atoms with E-state index in [0.717, 1.165) is 22.4 Å². The van der Waals surface area contributed by atoms with Gasteiger partial charge in [0.05, 0.1) is 16.7 Å². The van der Waals surface area contributed by atoms with E-state index < -0.39 is 6.10 Å². The van der Waals surface area contributed by atoms with E-state index in [4.69, 9.17) is 9.72 Å². The number of fused-ring (bicyclic) bond motifs is 2. The van der Waals surface area contributed by atoms with Gasteiger partial charge < -0.3 is 19.5 Å². The first-order valence-electron chi connectivity index (χ1n) is 10.9. The molecule has 0 saturated carbocycles. The SMILES string of the molecule is CC1Oc2ccccc2N(CCC(=O)Nc2ccc(-c3nc4ccccc4n3C)cc2)C1=O. The zero-order valence-corrected chi connectivity index (χ0v) is 18.5. The van der Waals surface area contributed by atoms with Gasteiger partial charge in [-0.3, -0.25) is 9.59 Å². The van der Waals surface area contributed by atoms with Gasteiger partial charge in [0, 0.05) is 31.3 Å². The Morgan fingerprint density at radius 1 is 1.03 bits per heavy atom. The summed E-state index contributed by atoms with van der Waals surface area (Å²) in [6.45, 7) is 2.00. The maximum atomic E-state index is 12.6. The summed E-state index contributed by atoms with van der Waals surface area (Å²) in [5.41, 5.74) is 4.38. The Bertz CT molecular complexity index is 1340. The van der Waals surface area contributed by atoms with Crippen molar-refractivity contribution in [1.82, 2.24) is 9.55 Å². The van der Waals surface area contributed by atoms with E-state index in [9.17, 15) is 9.59 Å². The zero-order valence-electron chi connectivity index (χ0n) is 18.5. The summed E-state index contributed by atoms with van der Waals surface area (Å²) >= 11 is 0. The highest BCUT2D eigenvalue weighted by molar-refractivity contribution is 6.01. The summed E-state index contributed by atoms with van der Waals surface area (Å²) in [6, 6.07) is 23.0. The summed E-state index contributed by atoms with van der Waals surface area (Å²) in [4.78, 5) is 31.5. The summed E-state index contributed by atoms with van der Waals surface area (Å²) < 4.78 is 7.71. The Hall–Kier alpha value is -4.13. The van der Waals surface area contributed by atoms with Gasteiger partial charge in [0.2, 0.25) is 5.91 Å². The number of aryl methyl sites for hydroxylation is 1. The molecule has 1 aliphatic rings. The molecule has 0 radical (unpaired) electrons. The molecule has 7 heteroatoms. The van der Waals surface area contributed by atoms with Gasteiger partial charge in [0.25, 0.3) is 5.91 Å². The van der Waals surface area contributed by atoms with Gasteiger partial charge in [-0.2, -0.15) is 0 Å². The van der Waals surface area contributed by atoms with Crippen LogP contribution >= 0.6 is 0 Å². The van der Waals surface area contributed by atoms with Crippen LogP contribution in [0.4, 0.5) is 11.4 Å². The highest BCUT2D eigenvalue weighted by Crippen LogP contribution is 2.33. The number of carbonyl (C=O) groups is 2. The average molecular weight is 441 g/mol. The number of ether oxygens (including phenoxy) is 1. The summed E-state index contributed by atoms with van der Waals surface area (Å²) in [5, 5.41) is 2.92. The Morgan fingerprint density at radius 2 is 1.76 bits per heavy atom. The highest BCUT2D eigenvalue weighted by Gasteiger charge is 2.31. The van der Waals surface area contributed by atoms with Crippen LogP contribution in [0.2, 0.25) is 0 Å². The molecule has 7 nitrogen and oxygen atoms in total. The number of hydrogen-bond donors (Lipinski definition) is 1. The van der Waals surface area contributed by atoms with E-state index >= 15 is 0 Å². The van der Waals surface area contributed by atoms with Crippen molar-refractivity contribution in [2.24, 2.45) is 7.05 Å². The first-order chi connectivity index (χ1) is 16.0. The second-order valence-corrected chi connectivity index (χ2v) is 8.08. The van der Waals surface area contributed by atoms with Gasteiger partial charge in [0.1, 0.15) is 11.6 Å². The molecule has 4 aromatic rings. The summed E-state index contributed by atoms with van der Waals surface area (Å²) in [5.74, 6) is 1.22. The van der Waals surface area contributed by atoms with Crippen molar-refractivity contribution >= 4 is 34.2 Å². The molecule has 1 aromatic heterocycles. The third-order valence-corrected chi connectivity index (χ3v) is 5.85. The Balaban J connectivity index is 1.25. The van der Waals surface area contributed by atoms with Crippen LogP contribution in [0.1, 0.15) is 13.3 Å². The number of para-hydroxylation sites is 4. The predicted octanol–water partition coefficient (Wildman–Crippen LogP) is 4.38. The Kier molecular flexibility index (Phi) is 5.30. The largest absolute Gasteiger partial charge is 0.479 e.